The van der Waals surface area contributed by atoms with Crippen molar-refractivity contribution in [3.8, 4) is 5.75 Å². The summed E-state index contributed by atoms with van der Waals surface area (Å²) in [7, 11) is -1.48. The van der Waals surface area contributed by atoms with Gasteiger partial charge in [0.05, 0.1) is 22.6 Å². The number of hydrogen-bond donors (Lipinski definition) is 0. The van der Waals surface area contributed by atoms with Gasteiger partial charge < -0.3 is 4.74 Å². The second-order valence-electron chi connectivity index (χ2n) is 3.82. The van der Waals surface area contributed by atoms with Gasteiger partial charge in [0.25, 0.3) is 0 Å². The van der Waals surface area contributed by atoms with Crippen molar-refractivity contribution >= 4 is 25.8 Å². The lowest BCUT2D eigenvalue weighted by atomic mass is 10.2. The number of hydrogen-bond acceptors (Lipinski definition) is 3. The van der Waals surface area contributed by atoms with E-state index in [9.17, 15) is 8.42 Å². The van der Waals surface area contributed by atoms with E-state index in [4.69, 9.17) is 4.74 Å². The molecule has 0 fully saturated rings. The molecule has 3 nitrogen and oxygen atoms in total. The minimum Gasteiger partial charge on any atom is -0.496 e. The molecule has 16 heavy (non-hydrogen) atoms. The Hall–Kier alpha value is -0.550. The summed E-state index contributed by atoms with van der Waals surface area (Å²) in [5.74, 6) is 0.762. The van der Waals surface area contributed by atoms with Crippen LogP contribution in [-0.2, 0) is 15.6 Å². The smallest absolute Gasteiger partial charge is 0.156 e. The van der Waals surface area contributed by atoms with E-state index in [2.05, 4.69) is 15.9 Å². The van der Waals surface area contributed by atoms with Gasteiger partial charge in [0.15, 0.2) is 9.84 Å². The van der Waals surface area contributed by atoms with E-state index in [1.165, 1.54) is 0 Å². The van der Waals surface area contributed by atoms with Crippen molar-refractivity contribution < 1.29 is 13.2 Å². The number of methoxy groups -OCH3 is 1. The average molecular weight is 307 g/mol. The fraction of sp³-hybridized carbons (Fsp3) is 0.455. The molecule has 0 aromatic heterocycles. The summed E-state index contributed by atoms with van der Waals surface area (Å²) in [5, 5.41) is -0.353. The summed E-state index contributed by atoms with van der Waals surface area (Å²) in [6, 6.07) is 5.30. The van der Waals surface area contributed by atoms with Crippen LogP contribution in [0.25, 0.3) is 0 Å². The number of rotatable bonds is 4. The Morgan fingerprint density at radius 2 is 2.00 bits per heavy atom. The van der Waals surface area contributed by atoms with E-state index in [0.29, 0.717) is 5.75 Å². The van der Waals surface area contributed by atoms with Crippen molar-refractivity contribution in [3.63, 3.8) is 0 Å². The van der Waals surface area contributed by atoms with Gasteiger partial charge in [-0.3, -0.25) is 0 Å². The van der Waals surface area contributed by atoms with E-state index in [0.717, 1.165) is 10.0 Å². The molecule has 1 rings (SSSR count). The van der Waals surface area contributed by atoms with Crippen LogP contribution in [0.5, 0.6) is 5.75 Å². The van der Waals surface area contributed by atoms with Crippen molar-refractivity contribution in [3.05, 3.63) is 28.2 Å². The van der Waals surface area contributed by atoms with E-state index < -0.39 is 9.84 Å². The van der Waals surface area contributed by atoms with Crippen LogP contribution in [0.1, 0.15) is 19.4 Å². The predicted molar refractivity (Wildman–Crippen MR) is 68.5 cm³/mol. The Kier molecular flexibility index (Phi) is 4.38. The fourth-order valence-electron chi connectivity index (χ4n) is 1.20. The fourth-order valence-corrected chi connectivity index (χ4v) is 2.76. The number of ether oxygens (including phenoxy) is 1. The molecule has 0 unspecified atom stereocenters. The molecule has 0 saturated carbocycles. The van der Waals surface area contributed by atoms with Crippen molar-refractivity contribution in [1.82, 2.24) is 0 Å². The van der Waals surface area contributed by atoms with E-state index in [1.807, 2.05) is 0 Å². The highest BCUT2D eigenvalue weighted by Gasteiger charge is 2.17. The zero-order valence-corrected chi connectivity index (χ0v) is 11.9. The van der Waals surface area contributed by atoms with Gasteiger partial charge in [-0.25, -0.2) is 8.42 Å². The van der Waals surface area contributed by atoms with Crippen LogP contribution in [0.15, 0.2) is 22.7 Å². The highest BCUT2D eigenvalue weighted by Crippen LogP contribution is 2.26. The molecule has 0 N–H and O–H groups in total. The molecule has 0 atom stereocenters. The normalized spacial score (nSPS) is 11.8. The Labute approximate surface area is 105 Å². The first-order valence-electron chi connectivity index (χ1n) is 4.91. The maximum absolute atomic E-state index is 11.7. The number of sulfone groups is 1. The largest absolute Gasteiger partial charge is 0.496 e. The first kappa shape index (κ1) is 13.5. The molecule has 0 heterocycles. The van der Waals surface area contributed by atoms with Gasteiger partial charge in [-0.15, -0.1) is 0 Å². The van der Waals surface area contributed by atoms with Gasteiger partial charge in [0.1, 0.15) is 5.75 Å². The minimum absolute atomic E-state index is 0.0628. The van der Waals surface area contributed by atoms with Gasteiger partial charge in [-0.1, -0.05) is 6.07 Å². The van der Waals surface area contributed by atoms with Gasteiger partial charge in [-0.2, -0.15) is 0 Å². The van der Waals surface area contributed by atoms with Crippen molar-refractivity contribution in [1.29, 1.82) is 0 Å². The van der Waals surface area contributed by atoms with Crippen molar-refractivity contribution in [2.75, 3.05) is 7.11 Å². The Bertz CT molecular complexity index is 466. The summed E-state index contributed by atoms with van der Waals surface area (Å²) in [6.07, 6.45) is 0. The monoisotopic (exact) mass is 306 g/mol. The molecule has 1 aromatic carbocycles. The molecule has 0 saturated heterocycles. The third kappa shape index (κ3) is 3.22. The highest BCUT2D eigenvalue weighted by atomic mass is 79.9. The van der Waals surface area contributed by atoms with Crippen LogP contribution in [0.3, 0.4) is 0 Å². The first-order chi connectivity index (χ1) is 7.36. The zero-order valence-electron chi connectivity index (χ0n) is 9.53. The molecule has 0 aliphatic rings. The summed E-state index contributed by atoms with van der Waals surface area (Å²) < 4.78 is 29.3. The van der Waals surface area contributed by atoms with Crippen LogP contribution in [0.4, 0.5) is 0 Å². The van der Waals surface area contributed by atoms with Gasteiger partial charge in [0, 0.05) is 0 Å². The second kappa shape index (κ2) is 5.19. The van der Waals surface area contributed by atoms with Crippen LogP contribution in [0, 0.1) is 0 Å². The summed E-state index contributed by atoms with van der Waals surface area (Å²) >= 11 is 3.33. The molecule has 5 heteroatoms. The molecule has 1 aromatic rings. The molecule has 0 amide bonds. The molecule has 0 aliphatic heterocycles. The number of benzene rings is 1. The molecule has 0 aliphatic carbocycles. The minimum atomic E-state index is -3.05. The van der Waals surface area contributed by atoms with Gasteiger partial charge in [0.2, 0.25) is 0 Å². The van der Waals surface area contributed by atoms with Gasteiger partial charge >= 0.3 is 0 Å². The van der Waals surface area contributed by atoms with Crippen molar-refractivity contribution in [2.24, 2.45) is 0 Å². The molecular weight excluding hydrogens is 292 g/mol. The first-order valence-corrected chi connectivity index (χ1v) is 7.41. The lowest BCUT2D eigenvalue weighted by Crippen LogP contribution is -2.15. The lowest BCUT2D eigenvalue weighted by molar-refractivity contribution is 0.412. The lowest BCUT2D eigenvalue weighted by Gasteiger charge is -2.09. The average Bonchev–Trinajstić information content (AvgIpc) is 2.17. The maximum atomic E-state index is 11.7. The third-order valence-corrected chi connectivity index (χ3v) is 5.09. The zero-order chi connectivity index (χ0) is 12.3. The van der Waals surface area contributed by atoms with E-state index in [-0.39, 0.29) is 11.0 Å². The van der Waals surface area contributed by atoms with Crippen LogP contribution in [0.2, 0.25) is 0 Å². The standard InChI is InChI=1S/C11H15BrO3S/c1-8(2)16(13,14)7-9-4-5-11(15-3)10(12)6-9/h4-6,8H,7H2,1-3H3. The second-order valence-corrected chi connectivity index (χ2v) is 7.24. The Morgan fingerprint density at radius 3 is 2.44 bits per heavy atom. The number of halogens is 1. The Balaban J connectivity index is 2.96. The predicted octanol–water partition coefficient (Wildman–Crippen LogP) is 2.78. The Morgan fingerprint density at radius 1 is 1.38 bits per heavy atom. The molecule has 0 spiro atoms. The van der Waals surface area contributed by atoms with Crippen LogP contribution in [-0.4, -0.2) is 20.8 Å². The maximum Gasteiger partial charge on any atom is 0.156 e. The summed E-state index contributed by atoms with van der Waals surface area (Å²) in [4.78, 5) is 0. The SMILES string of the molecule is COc1ccc(CS(=O)(=O)C(C)C)cc1Br. The molecule has 90 valence electrons. The topological polar surface area (TPSA) is 43.4 Å². The molecular formula is C11H15BrO3S. The quantitative estimate of drug-likeness (QED) is 0.859. The third-order valence-electron chi connectivity index (χ3n) is 2.30. The molecule has 0 bridgehead atoms. The summed E-state index contributed by atoms with van der Waals surface area (Å²) in [5.41, 5.74) is 0.765. The van der Waals surface area contributed by atoms with E-state index >= 15 is 0 Å². The van der Waals surface area contributed by atoms with E-state index in [1.54, 1.807) is 39.2 Å². The highest BCUT2D eigenvalue weighted by molar-refractivity contribution is 9.10. The van der Waals surface area contributed by atoms with Gasteiger partial charge in [-0.05, 0) is 47.5 Å². The van der Waals surface area contributed by atoms with Crippen LogP contribution >= 0.6 is 15.9 Å². The molecule has 0 radical (unpaired) electrons. The summed E-state index contributed by atoms with van der Waals surface area (Å²) in [6.45, 7) is 3.38. The van der Waals surface area contributed by atoms with Crippen LogP contribution < -0.4 is 4.74 Å². The van der Waals surface area contributed by atoms with Crippen molar-refractivity contribution in [2.45, 2.75) is 24.9 Å².